The molecule has 0 saturated carbocycles. The summed E-state index contributed by atoms with van der Waals surface area (Å²) < 4.78 is 10.8. The first-order chi connectivity index (χ1) is 14.0. The number of methoxy groups -OCH3 is 2. The fraction of sp³-hybridized carbons (Fsp3) is 0.458. The molecule has 2 aromatic rings. The minimum Gasteiger partial charge on any atom is -0.497 e. The van der Waals surface area contributed by atoms with Crippen molar-refractivity contribution in [3.63, 3.8) is 0 Å². The average molecular weight is 397 g/mol. The first-order valence-corrected chi connectivity index (χ1v) is 10.3. The SMILES string of the molecule is COc1ccc(OC)c([C@@H](C)NC(=O)C2CCN(Cc3ccc(C)cc3)CC2)c1. The lowest BCUT2D eigenvalue weighted by Gasteiger charge is -2.32. The minimum atomic E-state index is -0.141. The minimum absolute atomic E-state index is 0.0586. The number of nitrogens with zero attached hydrogens (tertiary/aromatic N) is 1. The van der Waals surface area contributed by atoms with Crippen LogP contribution in [0.15, 0.2) is 42.5 Å². The molecule has 1 amide bonds. The van der Waals surface area contributed by atoms with Crippen molar-refractivity contribution in [1.82, 2.24) is 10.2 Å². The molecule has 1 N–H and O–H groups in total. The zero-order valence-corrected chi connectivity index (χ0v) is 17.9. The Morgan fingerprint density at radius 3 is 2.41 bits per heavy atom. The molecule has 1 aliphatic rings. The van der Waals surface area contributed by atoms with Crippen molar-refractivity contribution in [2.45, 2.75) is 39.3 Å². The standard InChI is InChI=1S/C24H32N2O3/c1-17-5-7-19(8-6-17)16-26-13-11-20(12-14-26)24(27)25-18(2)22-15-21(28-3)9-10-23(22)29-4/h5-10,15,18,20H,11-14,16H2,1-4H3,(H,25,27)/t18-/m1/s1. The van der Waals surface area contributed by atoms with Gasteiger partial charge in [0.2, 0.25) is 5.91 Å². The normalized spacial score (nSPS) is 16.3. The van der Waals surface area contributed by atoms with Crippen LogP contribution in [0.25, 0.3) is 0 Å². The third kappa shape index (κ3) is 5.51. The molecule has 0 spiro atoms. The lowest BCUT2D eigenvalue weighted by atomic mass is 9.94. The van der Waals surface area contributed by atoms with Crippen LogP contribution in [0.4, 0.5) is 0 Å². The smallest absolute Gasteiger partial charge is 0.223 e. The number of carbonyl (C=O) groups excluding carboxylic acids is 1. The van der Waals surface area contributed by atoms with E-state index in [2.05, 4.69) is 41.4 Å². The van der Waals surface area contributed by atoms with Crippen molar-refractivity contribution in [1.29, 1.82) is 0 Å². The number of carbonyl (C=O) groups is 1. The van der Waals surface area contributed by atoms with E-state index in [-0.39, 0.29) is 17.9 Å². The number of likely N-dealkylation sites (tertiary alicyclic amines) is 1. The maximum Gasteiger partial charge on any atom is 0.223 e. The van der Waals surface area contributed by atoms with Gasteiger partial charge >= 0.3 is 0 Å². The second-order valence-corrected chi connectivity index (χ2v) is 7.87. The lowest BCUT2D eigenvalue weighted by Crippen LogP contribution is -2.40. The van der Waals surface area contributed by atoms with Crippen LogP contribution in [-0.4, -0.2) is 38.1 Å². The molecule has 1 fully saturated rings. The Labute approximate surface area is 174 Å². The first-order valence-electron chi connectivity index (χ1n) is 10.3. The van der Waals surface area contributed by atoms with Crippen molar-refractivity contribution in [2.75, 3.05) is 27.3 Å². The monoisotopic (exact) mass is 396 g/mol. The number of ether oxygens (including phenoxy) is 2. The first kappa shape index (κ1) is 21.2. The predicted octanol–water partition coefficient (Wildman–Crippen LogP) is 4.10. The molecule has 0 unspecified atom stereocenters. The molecule has 5 heteroatoms. The van der Waals surface area contributed by atoms with Crippen LogP contribution in [0.2, 0.25) is 0 Å². The van der Waals surface area contributed by atoms with E-state index in [1.807, 2.05) is 25.1 Å². The molecule has 1 aliphatic heterocycles. The molecule has 1 heterocycles. The van der Waals surface area contributed by atoms with Crippen LogP contribution in [0.1, 0.15) is 42.5 Å². The van der Waals surface area contributed by atoms with Crippen molar-refractivity contribution in [2.24, 2.45) is 5.92 Å². The molecule has 3 rings (SSSR count). The largest absolute Gasteiger partial charge is 0.497 e. The van der Waals surface area contributed by atoms with Crippen LogP contribution in [0.5, 0.6) is 11.5 Å². The second kappa shape index (κ2) is 9.79. The van der Waals surface area contributed by atoms with E-state index < -0.39 is 0 Å². The highest BCUT2D eigenvalue weighted by Gasteiger charge is 2.26. The average Bonchev–Trinajstić information content (AvgIpc) is 2.75. The summed E-state index contributed by atoms with van der Waals surface area (Å²) in [6, 6.07) is 14.2. The van der Waals surface area contributed by atoms with Gasteiger partial charge in [0.05, 0.1) is 20.3 Å². The van der Waals surface area contributed by atoms with Crippen LogP contribution in [0.3, 0.4) is 0 Å². The summed E-state index contributed by atoms with van der Waals surface area (Å²) in [6.45, 7) is 6.94. The third-order valence-electron chi connectivity index (χ3n) is 5.75. The van der Waals surface area contributed by atoms with Gasteiger partial charge in [-0.3, -0.25) is 9.69 Å². The molecule has 0 radical (unpaired) electrons. The van der Waals surface area contributed by atoms with Gasteiger partial charge in [-0.25, -0.2) is 0 Å². The highest BCUT2D eigenvalue weighted by atomic mass is 16.5. The number of amides is 1. The highest BCUT2D eigenvalue weighted by Crippen LogP contribution is 2.30. The van der Waals surface area contributed by atoms with E-state index in [4.69, 9.17) is 9.47 Å². The topological polar surface area (TPSA) is 50.8 Å². The van der Waals surface area contributed by atoms with Gasteiger partial charge in [0.25, 0.3) is 0 Å². The summed E-state index contributed by atoms with van der Waals surface area (Å²) >= 11 is 0. The molecule has 0 bridgehead atoms. The van der Waals surface area contributed by atoms with E-state index in [0.29, 0.717) is 0 Å². The van der Waals surface area contributed by atoms with Gasteiger partial charge in [0.1, 0.15) is 11.5 Å². The quantitative estimate of drug-likeness (QED) is 0.765. The van der Waals surface area contributed by atoms with Gasteiger partial charge < -0.3 is 14.8 Å². The van der Waals surface area contributed by atoms with Crippen molar-refractivity contribution in [3.05, 3.63) is 59.2 Å². The number of nitrogens with one attached hydrogen (secondary N) is 1. The Bertz CT molecular complexity index is 811. The third-order valence-corrected chi connectivity index (χ3v) is 5.75. The van der Waals surface area contributed by atoms with Crippen LogP contribution in [0, 0.1) is 12.8 Å². The Hall–Kier alpha value is -2.53. The summed E-state index contributed by atoms with van der Waals surface area (Å²) in [7, 11) is 3.28. The molecule has 1 atom stereocenters. The molecule has 1 saturated heterocycles. The van der Waals surface area contributed by atoms with E-state index in [1.54, 1.807) is 14.2 Å². The maximum absolute atomic E-state index is 12.8. The van der Waals surface area contributed by atoms with Crippen LogP contribution < -0.4 is 14.8 Å². The van der Waals surface area contributed by atoms with Crippen molar-refractivity contribution in [3.8, 4) is 11.5 Å². The summed E-state index contributed by atoms with van der Waals surface area (Å²) in [4.78, 5) is 15.3. The Kier molecular flexibility index (Phi) is 7.15. The summed E-state index contributed by atoms with van der Waals surface area (Å²) in [5.41, 5.74) is 3.54. The summed E-state index contributed by atoms with van der Waals surface area (Å²) in [6.07, 6.45) is 1.78. The zero-order chi connectivity index (χ0) is 20.8. The number of hydrogen-bond acceptors (Lipinski definition) is 4. The Morgan fingerprint density at radius 2 is 1.79 bits per heavy atom. The van der Waals surface area contributed by atoms with E-state index in [9.17, 15) is 4.79 Å². The van der Waals surface area contributed by atoms with Gasteiger partial charge in [-0.05, 0) is 63.5 Å². The molecule has 5 nitrogen and oxygen atoms in total. The number of piperidine rings is 1. The Balaban J connectivity index is 1.53. The lowest BCUT2D eigenvalue weighted by molar-refractivity contribution is -0.127. The molecular formula is C24H32N2O3. The summed E-state index contributed by atoms with van der Waals surface area (Å²) in [5.74, 6) is 1.69. The molecule has 2 aromatic carbocycles. The fourth-order valence-electron chi connectivity index (χ4n) is 3.89. The molecule has 29 heavy (non-hydrogen) atoms. The highest BCUT2D eigenvalue weighted by molar-refractivity contribution is 5.79. The Morgan fingerprint density at radius 1 is 1.10 bits per heavy atom. The number of hydrogen-bond donors (Lipinski definition) is 1. The van der Waals surface area contributed by atoms with Gasteiger partial charge in [0, 0.05) is 18.0 Å². The van der Waals surface area contributed by atoms with Crippen molar-refractivity contribution >= 4 is 5.91 Å². The molecule has 0 aliphatic carbocycles. The van der Waals surface area contributed by atoms with Crippen molar-refractivity contribution < 1.29 is 14.3 Å². The van der Waals surface area contributed by atoms with Gasteiger partial charge in [-0.1, -0.05) is 29.8 Å². The van der Waals surface area contributed by atoms with Gasteiger partial charge in [-0.15, -0.1) is 0 Å². The van der Waals surface area contributed by atoms with Gasteiger partial charge in [-0.2, -0.15) is 0 Å². The van der Waals surface area contributed by atoms with Crippen LogP contribution >= 0.6 is 0 Å². The van der Waals surface area contributed by atoms with Crippen LogP contribution in [-0.2, 0) is 11.3 Å². The number of aryl methyl sites for hydroxylation is 1. The second-order valence-electron chi connectivity index (χ2n) is 7.87. The van der Waals surface area contributed by atoms with E-state index >= 15 is 0 Å². The van der Waals surface area contributed by atoms with E-state index in [1.165, 1.54) is 11.1 Å². The molecule has 0 aromatic heterocycles. The van der Waals surface area contributed by atoms with Gasteiger partial charge in [0.15, 0.2) is 0 Å². The maximum atomic E-state index is 12.8. The fourth-order valence-corrected chi connectivity index (χ4v) is 3.89. The molecule has 156 valence electrons. The summed E-state index contributed by atoms with van der Waals surface area (Å²) in [5, 5.41) is 3.17. The van der Waals surface area contributed by atoms with E-state index in [0.717, 1.165) is 49.5 Å². The molecular weight excluding hydrogens is 364 g/mol. The number of rotatable bonds is 7. The predicted molar refractivity (Wildman–Crippen MR) is 115 cm³/mol. The zero-order valence-electron chi connectivity index (χ0n) is 17.9. The number of benzene rings is 2.